The van der Waals surface area contributed by atoms with Crippen molar-refractivity contribution in [1.29, 1.82) is 0 Å². The van der Waals surface area contributed by atoms with Crippen molar-refractivity contribution in [3.63, 3.8) is 0 Å². The standard InChI is InChI=1S/C14H13NO4/c1-4-8-10(19-11(16)5-2)7-6-9-12(8)14(18)15(3)13(9)17/h5-7H,2,4H2,1,3H3. The minimum absolute atomic E-state index is 0.294. The van der Waals surface area contributed by atoms with Gasteiger partial charge in [-0.25, -0.2) is 4.79 Å². The van der Waals surface area contributed by atoms with Crippen LogP contribution in [0.3, 0.4) is 0 Å². The molecule has 0 spiro atoms. The third-order valence-corrected chi connectivity index (χ3v) is 3.05. The number of carbonyl (C=O) groups excluding carboxylic acids is 3. The van der Waals surface area contributed by atoms with Crippen LogP contribution in [-0.4, -0.2) is 29.7 Å². The molecule has 0 unspecified atom stereocenters. The van der Waals surface area contributed by atoms with Gasteiger partial charge in [0.2, 0.25) is 0 Å². The molecule has 1 aliphatic rings. The number of imide groups is 1. The molecule has 1 aliphatic heterocycles. The maximum atomic E-state index is 12.0. The van der Waals surface area contributed by atoms with Gasteiger partial charge >= 0.3 is 5.97 Å². The molecule has 0 radical (unpaired) electrons. The Labute approximate surface area is 110 Å². The third kappa shape index (κ3) is 1.93. The van der Waals surface area contributed by atoms with E-state index in [0.717, 1.165) is 11.0 Å². The summed E-state index contributed by atoms with van der Waals surface area (Å²) in [7, 11) is 1.43. The number of amides is 2. The van der Waals surface area contributed by atoms with E-state index in [1.807, 2.05) is 6.92 Å². The Morgan fingerprint density at radius 2 is 2.05 bits per heavy atom. The summed E-state index contributed by atoms with van der Waals surface area (Å²) in [6, 6.07) is 3.04. The van der Waals surface area contributed by atoms with Gasteiger partial charge in [-0.15, -0.1) is 0 Å². The van der Waals surface area contributed by atoms with Crippen molar-refractivity contribution in [2.75, 3.05) is 7.05 Å². The highest BCUT2D eigenvalue weighted by molar-refractivity contribution is 6.22. The fraction of sp³-hybridized carbons (Fsp3) is 0.214. The highest BCUT2D eigenvalue weighted by atomic mass is 16.5. The van der Waals surface area contributed by atoms with Crippen molar-refractivity contribution in [3.05, 3.63) is 41.5 Å². The Balaban J connectivity index is 2.58. The number of nitrogens with zero attached hydrogens (tertiary/aromatic N) is 1. The average Bonchev–Trinajstić information content (AvgIpc) is 2.63. The Bertz CT molecular complexity index is 604. The summed E-state index contributed by atoms with van der Waals surface area (Å²) < 4.78 is 5.09. The first kappa shape index (κ1) is 13.0. The molecule has 0 aliphatic carbocycles. The highest BCUT2D eigenvalue weighted by Gasteiger charge is 2.35. The van der Waals surface area contributed by atoms with E-state index in [9.17, 15) is 14.4 Å². The van der Waals surface area contributed by atoms with Crippen LogP contribution in [0.1, 0.15) is 33.2 Å². The number of ether oxygens (including phenoxy) is 1. The fourth-order valence-corrected chi connectivity index (χ4v) is 2.09. The zero-order valence-corrected chi connectivity index (χ0v) is 10.7. The van der Waals surface area contributed by atoms with Crippen LogP contribution in [0.15, 0.2) is 24.8 Å². The average molecular weight is 259 g/mol. The first-order chi connectivity index (χ1) is 9.01. The van der Waals surface area contributed by atoms with Crippen LogP contribution in [0, 0.1) is 0 Å². The van der Waals surface area contributed by atoms with E-state index in [-0.39, 0.29) is 11.8 Å². The SMILES string of the molecule is C=CC(=O)Oc1ccc2c(c1CC)C(=O)N(C)C2=O. The molecule has 5 heteroatoms. The molecule has 0 aromatic heterocycles. The Hall–Kier alpha value is -2.43. The summed E-state index contributed by atoms with van der Waals surface area (Å²) in [5, 5.41) is 0. The maximum absolute atomic E-state index is 12.0. The number of rotatable bonds is 3. The number of hydrogen-bond donors (Lipinski definition) is 0. The normalized spacial score (nSPS) is 13.5. The van der Waals surface area contributed by atoms with Crippen LogP contribution in [0.2, 0.25) is 0 Å². The molecular formula is C14H13NO4. The van der Waals surface area contributed by atoms with Gasteiger partial charge in [0.25, 0.3) is 11.8 Å². The van der Waals surface area contributed by atoms with Crippen LogP contribution in [0.5, 0.6) is 5.75 Å². The molecule has 5 nitrogen and oxygen atoms in total. The molecule has 0 fully saturated rings. The molecular weight excluding hydrogens is 246 g/mol. The summed E-state index contributed by atoms with van der Waals surface area (Å²) in [5.41, 5.74) is 1.24. The summed E-state index contributed by atoms with van der Waals surface area (Å²) in [6.45, 7) is 5.15. The predicted octanol–water partition coefficient (Wildman–Crippen LogP) is 1.57. The van der Waals surface area contributed by atoms with Gasteiger partial charge in [0.1, 0.15) is 5.75 Å². The summed E-state index contributed by atoms with van der Waals surface area (Å²) >= 11 is 0. The van der Waals surface area contributed by atoms with Crippen LogP contribution in [-0.2, 0) is 11.2 Å². The van der Waals surface area contributed by atoms with E-state index in [2.05, 4.69) is 6.58 Å². The predicted molar refractivity (Wildman–Crippen MR) is 68.1 cm³/mol. The maximum Gasteiger partial charge on any atom is 0.335 e. The first-order valence-electron chi connectivity index (χ1n) is 5.83. The number of benzene rings is 1. The smallest absolute Gasteiger partial charge is 0.335 e. The van der Waals surface area contributed by atoms with E-state index >= 15 is 0 Å². The lowest BCUT2D eigenvalue weighted by molar-refractivity contribution is -0.129. The second-order valence-corrected chi connectivity index (χ2v) is 4.11. The minimum Gasteiger partial charge on any atom is -0.423 e. The van der Waals surface area contributed by atoms with Gasteiger partial charge < -0.3 is 4.74 Å². The monoisotopic (exact) mass is 259 g/mol. The van der Waals surface area contributed by atoms with E-state index in [4.69, 9.17) is 4.74 Å². The quantitative estimate of drug-likeness (QED) is 0.358. The summed E-state index contributed by atoms with van der Waals surface area (Å²) in [4.78, 5) is 36.2. The van der Waals surface area contributed by atoms with E-state index < -0.39 is 5.97 Å². The molecule has 0 N–H and O–H groups in total. The lowest BCUT2D eigenvalue weighted by atomic mass is 10.00. The number of carbonyl (C=O) groups is 3. The largest absolute Gasteiger partial charge is 0.423 e. The second-order valence-electron chi connectivity index (χ2n) is 4.11. The number of fused-ring (bicyclic) bond motifs is 1. The van der Waals surface area contributed by atoms with Gasteiger partial charge in [-0.1, -0.05) is 13.5 Å². The van der Waals surface area contributed by atoms with Crippen LogP contribution < -0.4 is 4.74 Å². The van der Waals surface area contributed by atoms with Gasteiger partial charge in [-0.2, -0.15) is 0 Å². The fourth-order valence-electron chi connectivity index (χ4n) is 2.09. The lowest BCUT2D eigenvalue weighted by Crippen LogP contribution is -2.24. The van der Waals surface area contributed by atoms with Crippen LogP contribution in [0.25, 0.3) is 0 Å². The highest BCUT2D eigenvalue weighted by Crippen LogP contribution is 2.32. The third-order valence-electron chi connectivity index (χ3n) is 3.05. The second kappa shape index (κ2) is 4.68. The molecule has 0 saturated heterocycles. The molecule has 0 atom stereocenters. The topological polar surface area (TPSA) is 63.7 Å². The van der Waals surface area contributed by atoms with Crippen molar-refractivity contribution in [3.8, 4) is 5.75 Å². The van der Waals surface area contributed by atoms with Crippen LogP contribution >= 0.6 is 0 Å². The molecule has 0 bridgehead atoms. The Kier molecular flexibility index (Phi) is 3.21. The molecule has 0 saturated carbocycles. The zero-order valence-electron chi connectivity index (χ0n) is 10.7. The molecule has 19 heavy (non-hydrogen) atoms. The van der Waals surface area contributed by atoms with Crippen molar-refractivity contribution < 1.29 is 19.1 Å². The number of hydrogen-bond acceptors (Lipinski definition) is 4. The van der Waals surface area contributed by atoms with E-state index in [1.54, 1.807) is 0 Å². The van der Waals surface area contributed by atoms with Gasteiger partial charge in [-0.05, 0) is 18.6 Å². The molecule has 1 aromatic rings. The molecule has 1 heterocycles. The minimum atomic E-state index is -0.597. The van der Waals surface area contributed by atoms with Gasteiger partial charge in [-0.3, -0.25) is 14.5 Å². The molecule has 1 aromatic carbocycles. The number of esters is 1. The van der Waals surface area contributed by atoms with E-state index in [0.29, 0.717) is 28.9 Å². The van der Waals surface area contributed by atoms with Crippen molar-refractivity contribution in [1.82, 2.24) is 4.90 Å². The van der Waals surface area contributed by atoms with Crippen LogP contribution in [0.4, 0.5) is 0 Å². The van der Waals surface area contributed by atoms with Crippen molar-refractivity contribution in [2.45, 2.75) is 13.3 Å². The first-order valence-corrected chi connectivity index (χ1v) is 5.83. The van der Waals surface area contributed by atoms with Crippen molar-refractivity contribution in [2.24, 2.45) is 0 Å². The Morgan fingerprint density at radius 3 is 2.63 bits per heavy atom. The van der Waals surface area contributed by atoms with E-state index in [1.165, 1.54) is 19.2 Å². The zero-order chi connectivity index (χ0) is 14.2. The Morgan fingerprint density at radius 1 is 1.37 bits per heavy atom. The summed E-state index contributed by atoms with van der Waals surface area (Å²) in [5.74, 6) is -1.01. The van der Waals surface area contributed by atoms with Gasteiger partial charge in [0.15, 0.2) is 0 Å². The summed E-state index contributed by atoms with van der Waals surface area (Å²) in [6.07, 6.45) is 1.53. The lowest BCUT2D eigenvalue weighted by Gasteiger charge is -2.10. The molecule has 98 valence electrons. The van der Waals surface area contributed by atoms with Gasteiger partial charge in [0.05, 0.1) is 11.1 Å². The van der Waals surface area contributed by atoms with Crippen molar-refractivity contribution >= 4 is 17.8 Å². The molecule has 2 amide bonds. The van der Waals surface area contributed by atoms with Gasteiger partial charge in [0, 0.05) is 18.7 Å². The molecule has 2 rings (SSSR count).